The van der Waals surface area contributed by atoms with Gasteiger partial charge in [0.1, 0.15) is 0 Å². The molecule has 1 unspecified atom stereocenters. The molecule has 5 heteroatoms. The van der Waals surface area contributed by atoms with Gasteiger partial charge in [0, 0.05) is 40.0 Å². The second-order valence-corrected chi connectivity index (χ2v) is 8.77. The summed E-state index contributed by atoms with van der Waals surface area (Å²) < 4.78 is 0. The molecule has 0 aromatic heterocycles. The number of guanidine groups is 1. The van der Waals surface area contributed by atoms with Crippen LogP contribution in [0.2, 0.25) is 0 Å². The van der Waals surface area contributed by atoms with E-state index in [1.54, 1.807) is 30.3 Å². The number of aliphatic imine (C=N–C) groups is 2. The van der Waals surface area contributed by atoms with Gasteiger partial charge in [0.15, 0.2) is 11.6 Å². The largest absolute Gasteiger partial charge is 0.332 e. The summed E-state index contributed by atoms with van der Waals surface area (Å²) in [7, 11) is 0. The van der Waals surface area contributed by atoms with Crippen molar-refractivity contribution in [1.82, 2.24) is 4.90 Å². The predicted octanol–water partition coefficient (Wildman–Crippen LogP) is 5.48. The van der Waals surface area contributed by atoms with Crippen molar-refractivity contribution in [2.75, 3.05) is 0 Å². The first kappa shape index (κ1) is 22.6. The fourth-order valence-corrected chi connectivity index (χ4v) is 3.97. The second kappa shape index (κ2) is 8.96. The van der Waals surface area contributed by atoms with Crippen molar-refractivity contribution in [2.24, 2.45) is 9.98 Å². The molecule has 0 radical (unpaired) electrons. The maximum atomic E-state index is 13.1. The number of ketones is 2. The summed E-state index contributed by atoms with van der Waals surface area (Å²) >= 11 is 0. The number of carbonyl (C=O) groups excluding carboxylic acids is 2. The number of carbonyl (C=O) groups is 2. The molecule has 31 heavy (non-hydrogen) atoms. The van der Waals surface area contributed by atoms with Gasteiger partial charge in [-0.25, -0.2) is 9.98 Å². The summed E-state index contributed by atoms with van der Waals surface area (Å²) in [6.07, 6.45) is 0. The predicted molar refractivity (Wildman–Crippen MR) is 126 cm³/mol. The molecule has 3 rings (SSSR count). The molecule has 162 valence electrons. The van der Waals surface area contributed by atoms with Gasteiger partial charge >= 0.3 is 0 Å². The van der Waals surface area contributed by atoms with E-state index in [-0.39, 0.29) is 29.7 Å². The zero-order valence-corrected chi connectivity index (χ0v) is 19.4. The molecule has 2 aromatic rings. The lowest BCUT2D eigenvalue weighted by Crippen LogP contribution is -2.39. The van der Waals surface area contributed by atoms with Gasteiger partial charge in [-0.3, -0.25) is 9.59 Å². The molecular formula is C26H31N3O2. The van der Waals surface area contributed by atoms with E-state index in [4.69, 9.17) is 9.98 Å². The Labute approximate surface area is 184 Å². The summed E-state index contributed by atoms with van der Waals surface area (Å²) in [5.41, 5.74) is 3.76. The summed E-state index contributed by atoms with van der Waals surface area (Å²) in [4.78, 5) is 37.7. The molecule has 0 spiro atoms. The first-order valence-electron chi connectivity index (χ1n) is 10.8. The van der Waals surface area contributed by atoms with Crippen LogP contribution in [-0.4, -0.2) is 40.2 Å². The molecule has 0 N–H and O–H groups in total. The SMILES string of the molecule is CC(C)=N/C(=N/C(C)C)N(C(C)C)C(C)c1ccc2c(c1)C(=O)c1ccccc1C2=O. The van der Waals surface area contributed by atoms with Crippen LogP contribution in [0.4, 0.5) is 0 Å². The van der Waals surface area contributed by atoms with Crippen molar-refractivity contribution in [3.8, 4) is 0 Å². The lowest BCUT2D eigenvalue weighted by Gasteiger charge is -2.35. The highest BCUT2D eigenvalue weighted by molar-refractivity contribution is 6.28. The standard InChI is InChI=1S/C26H31N3O2/c1-15(2)27-26(28-16(3)4)29(17(5)6)18(7)19-12-13-22-23(14-19)25(31)21-11-9-8-10-20(21)24(22)30/h8-15,17-18H,1-7H3/b27-26-. The summed E-state index contributed by atoms with van der Waals surface area (Å²) in [6, 6.07) is 12.8. The minimum absolute atomic E-state index is 0.0778. The third-order valence-electron chi connectivity index (χ3n) is 5.33. The summed E-state index contributed by atoms with van der Waals surface area (Å²) in [5, 5.41) is 0. The van der Waals surface area contributed by atoms with E-state index in [0.717, 1.165) is 11.3 Å². The van der Waals surface area contributed by atoms with Gasteiger partial charge in [0.2, 0.25) is 5.96 Å². The Balaban J connectivity index is 2.07. The molecule has 1 aliphatic carbocycles. The highest BCUT2D eigenvalue weighted by Gasteiger charge is 2.31. The van der Waals surface area contributed by atoms with Crippen molar-refractivity contribution in [3.05, 3.63) is 70.3 Å². The van der Waals surface area contributed by atoms with E-state index >= 15 is 0 Å². The fraction of sp³-hybridized carbons (Fsp3) is 0.385. The van der Waals surface area contributed by atoms with E-state index < -0.39 is 0 Å². The molecule has 0 aliphatic heterocycles. The number of fused-ring (bicyclic) bond motifs is 2. The van der Waals surface area contributed by atoms with E-state index in [1.165, 1.54) is 0 Å². The Morgan fingerprint density at radius 3 is 1.87 bits per heavy atom. The first-order chi connectivity index (χ1) is 14.6. The lowest BCUT2D eigenvalue weighted by atomic mass is 9.83. The van der Waals surface area contributed by atoms with Crippen molar-refractivity contribution >= 4 is 23.2 Å². The Morgan fingerprint density at radius 2 is 1.35 bits per heavy atom. The van der Waals surface area contributed by atoms with Gasteiger partial charge in [0.25, 0.3) is 0 Å². The molecule has 0 saturated carbocycles. The van der Waals surface area contributed by atoms with Crippen molar-refractivity contribution in [3.63, 3.8) is 0 Å². The van der Waals surface area contributed by atoms with Gasteiger partial charge in [0.05, 0.1) is 6.04 Å². The topological polar surface area (TPSA) is 62.1 Å². The van der Waals surface area contributed by atoms with Crippen molar-refractivity contribution in [1.29, 1.82) is 0 Å². The molecule has 0 amide bonds. The number of hydrogen-bond acceptors (Lipinski definition) is 3. The van der Waals surface area contributed by atoms with E-state index in [2.05, 4.69) is 25.7 Å². The van der Waals surface area contributed by atoms with Crippen LogP contribution in [0.25, 0.3) is 0 Å². The zero-order chi connectivity index (χ0) is 22.9. The number of rotatable bonds is 4. The van der Waals surface area contributed by atoms with Crippen LogP contribution in [0.15, 0.2) is 52.4 Å². The molecule has 2 aromatic carbocycles. The first-order valence-corrected chi connectivity index (χ1v) is 10.8. The number of nitrogens with zero attached hydrogens (tertiary/aromatic N) is 3. The monoisotopic (exact) mass is 417 g/mol. The molecule has 0 fully saturated rings. The summed E-state index contributed by atoms with van der Waals surface area (Å²) in [6.45, 7) is 14.3. The van der Waals surface area contributed by atoms with E-state index in [0.29, 0.717) is 28.2 Å². The maximum Gasteiger partial charge on any atom is 0.221 e. The highest BCUT2D eigenvalue weighted by Crippen LogP contribution is 2.31. The number of hydrogen-bond donors (Lipinski definition) is 0. The van der Waals surface area contributed by atoms with Gasteiger partial charge < -0.3 is 4.90 Å². The van der Waals surface area contributed by atoms with Gasteiger partial charge in [-0.1, -0.05) is 30.3 Å². The fourth-order valence-electron chi connectivity index (χ4n) is 3.97. The molecule has 5 nitrogen and oxygen atoms in total. The Kier molecular flexibility index (Phi) is 6.54. The Bertz CT molecular complexity index is 1080. The van der Waals surface area contributed by atoms with Gasteiger partial charge in [-0.15, -0.1) is 0 Å². The number of benzene rings is 2. The normalized spacial score (nSPS) is 14.4. The average molecular weight is 418 g/mol. The third kappa shape index (κ3) is 4.50. The smallest absolute Gasteiger partial charge is 0.221 e. The van der Waals surface area contributed by atoms with E-state index in [1.807, 2.05) is 39.8 Å². The molecule has 1 atom stereocenters. The minimum atomic E-state index is -0.103. The van der Waals surface area contributed by atoms with Crippen LogP contribution >= 0.6 is 0 Å². The van der Waals surface area contributed by atoms with Crippen LogP contribution < -0.4 is 0 Å². The minimum Gasteiger partial charge on any atom is -0.332 e. The molecular weight excluding hydrogens is 386 g/mol. The quantitative estimate of drug-likeness (QED) is 0.417. The van der Waals surface area contributed by atoms with Crippen LogP contribution in [0, 0.1) is 0 Å². The van der Waals surface area contributed by atoms with E-state index in [9.17, 15) is 9.59 Å². The molecule has 0 heterocycles. The molecule has 0 bridgehead atoms. The molecule has 1 aliphatic rings. The van der Waals surface area contributed by atoms with Gasteiger partial charge in [-0.2, -0.15) is 0 Å². The highest BCUT2D eigenvalue weighted by atomic mass is 16.1. The lowest BCUT2D eigenvalue weighted by molar-refractivity contribution is 0.0979. The maximum absolute atomic E-state index is 13.1. The van der Waals surface area contributed by atoms with Crippen LogP contribution in [-0.2, 0) is 0 Å². The summed E-state index contributed by atoms with van der Waals surface area (Å²) in [5.74, 6) is 0.482. The Morgan fingerprint density at radius 1 is 0.806 bits per heavy atom. The molecule has 0 saturated heterocycles. The zero-order valence-electron chi connectivity index (χ0n) is 19.4. The average Bonchev–Trinajstić information content (AvgIpc) is 2.70. The van der Waals surface area contributed by atoms with Crippen LogP contribution in [0.3, 0.4) is 0 Å². The second-order valence-electron chi connectivity index (χ2n) is 8.77. The van der Waals surface area contributed by atoms with Crippen molar-refractivity contribution in [2.45, 2.75) is 66.6 Å². The van der Waals surface area contributed by atoms with Crippen molar-refractivity contribution < 1.29 is 9.59 Å². The van der Waals surface area contributed by atoms with Crippen LogP contribution in [0.5, 0.6) is 0 Å². The Hall–Kier alpha value is -3.08. The van der Waals surface area contributed by atoms with Crippen LogP contribution in [0.1, 0.15) is 91.9 Å². The third-order valence-corrected chi connectivity index (χ3v) is 5.33. The van der Waals surface area contributed by atoms with Gasteiger partial charge in [-0.05, 0) is 66.2 Å².